The van der Waals surface area contributed by atoms with Gasteiger partial charge in [-0.05, 0) is 47.5 Å². The fraction of sp³-hybridized carbons (Fsp3) is 0.0667. The van der Waals surface area contributed by atoms with E-state index < -0.39 is 16.8 Å². The van der Waals surface area contributed by atoms with Crippen molar-refractivity contribution < 1.29 is 23.9 Å². The van der Waals surface area contributed by atoms with Gasteiger partial charge in [0.2, 0.25) is 5.88 Å². The van der Waals surface area contributed by atoms with E-state index in [9.17, 15) is 20.2 Å². The van der Waals surface area contributed by atoms with Gasteiger partial charge in [0.1, 0.15) is 35.5 Å². The van der Waals surface area contributed by atoms with Gasteiger partial charge in [-0.15, -0.1) is 0 Å². The lowest BCUT2D eigenvalue weighted by Crippen LogP contribution is -2.21. The third-order valence-electron chi connectivity index (χ3n) is 6.20. The van der Waals surface area contributed by atoms with Gasteiger partial charge in [-0.3, -0.25) is 10.1 Å². The van der Waals surface area contributed by atoms with Crippen LogP contribution in [0.25, 0.3) is 0 Å². The highest BCUT2D eigenvalue weighted by Gasteiger charge is 2.31. The lowest BCUT2D eigenvalue weighted by molar-refractivity contribution is -0.384. The lowest BCUT2D eigenvalue weighted by Gasteiger charge is -2.27. The molecule has 10 heteroatoms. The largest absolute Gasteiger partial charge is 0.489 e. The highest BCUT2D eigenvalue weighted by molar-refractivity contribution is 6.30. The Morgan fingerprint density at radius 2 is 1.80 bits per heavy atom. The molecule has 9 nitrogen and oxygen atoms in total. The first kappa shape index (κ1) is 26.3. The Labute approximate surface area is 233 Å². The van der Waals surface area contributed by atoms with E-state index in [1.807, 2.05) is 36.4 Å². The Morgan fingerprint density at radius 1 is 1.02 bits per heavy atom. The Hall–Kier alpha value is -5.33. The Kier molecular flexibility index (Phi) is 7.35. The van der Waals surface area contributed by atoms with Crippen molar-refractivity contribution in [2.75, 3.05) is 0 Å². The van der Waals surface area contributed by atoms with Gasteiger partial charge in [0, 0.05) is 28.8 Å². The van der Waals surface area contributed by atoms with E-state index in [1.54, 1.807) is 24.3 Å². The lowest BCUT2D eigenvalue weighted by atomic mass is 9.83. The summed E-state index contributed by atoms with van der Waals surface area (Å²) in [7, 11) is 0. The molecular formula is C30H20ClN3O6. The first-order valence-corrected chi connectivity index (χ1v) is 12.4. The summed E-state index contributed by atoms with van der Waals surface area (Å²) < 4.78 is 17.1. The highest BCUT2D eigenvalue weighted by atomic mass is 35.5. The number of non-ortho nitro benzene ring substituents is 1. The molecule has 1 unspecified atom stereocenters. The molecule has 198 valence electrons. The van der Waals surface area contributed by atoms with Gasteiger partial charge in [0.25, 0.3) is 5.69 Å². The molecule has 0 fully saturated rings. The van der Waals surface area contributed by atoms with Gasteiger partial charge in [-0.25, -0.2) is 4.79 Å². The number of hydrogen-bond donors (Lipinski definition) is 1. The maximum Gasteiger partial charge on any atom is 0.343 e. The van der Waals surface area contributed by atoms with Gasteiger partial charge in [-0.1, -0.05) is 48.0 Å². The van der Waals surface area contributed by atoms with E-state index in [2.05, 4.69) is 6.07 Å². The van der Waals surface area contributed by atoms with Gasteiger partial charge < -0.3 is 19.9 Å². The summed E-state index contributed by atoms with van der Waals surface area (Å²) in [5.41, 5.74) is 8.47. The number of nitrogens with two attached hydrogens (primary N) is 1. The van der Waals surface area contributed by atoms with Crippen molar-refractivity contribution in [3.05, 3.63) is 140 Å². The second kappa shape index (κ2) is 11.2. The van der Waals surface area contributed by atoms with Crippen LogP contribution >= 0.6 is 11.6 Å². The van der Waals surface area contributed by atoms with E-state index in [0.29, 0.717) is 28.7 Å². The number of nitrogens with zero attached hydrogens (tertiary/aromatic N) is 2. The van der Waals surface area contributed by atoms with E-state index >= 15 is 0 Å². The maximum absolute atomic E-state index is 12.6. The maximum atomic E-state index is 12.6. The van der Waals surface area contributed by atoms with Crippen molar-refractivity contribution in [3.8, 4) is 23.3 Å². The number of esters is 1. The molecule has 1 aliphatic heterocycles. The van der Waals surface area contributed by atoms with Crippen molar-refractivity contribution >= 4 is 23.3 Å². The number of carbonyl (C=O) groups is 1. The van der Waals surface area contributed by atoms with Crippen LogP contribution in [0.5, 0.6) is 17.2 Å². The van der Waals surface area contributed by atoms with E-state index in [1.165, 1.54) is 24.3 Å². The van der Waals surface area contributed by atoms with Gasteiger partial charge >= 0.3 is 5.97 Å². The fourth-order valence-corrected chi connectivity index (χ4v) is 4.41. The number of nitro groups is 1. The van der Waals surface area contributed by atoms with Crippen molar-refractivity contribution in [1.29, 1.82) is 5.26 Å². The molecule has 4 aromatic carbocycles. The number of nitro benzene ring substituents is 1. The highest BCUT2D eigenvalue weighted by Crippen LogP contribution is 2.44. The molecule has 0 saturated carbocycles. The zero-order valence-corrected chi connectivity index (χ0v) is 21.5. The molecule has 0 aliphatic carbocycles. The summed E-state index contributed by atoms with van der Waals surface area (Å²) >= 11 is 5.96. The van der Waals surface area contributed by atoms with Crippen LogP contribution in [-0.2, 0) is 6.61 Å². The molecule has 0 radical (unpaired) electrons. The first-order valence-electron chi connectivity index (χ1n) is 12.0. The van der Waals surface area contributed by atoms with Crippen molar-refractivity contribution in [2.24, 2.45) is 5.73 Å². The summed E-state index contributed by atoms with van der Waals surface area (Å²) in [4.78, 5) is 23.1. The molecule has 40 heavy (non-hydrogen) atoms. The molecule has 5 rings (SSSR count). The second-order valence-electron chi connectivity index (χ2n) is 8.81. The first-order chi connectivity index (χ1) is 19.3. The van der Waals surface area contributed by atoms with Crippen LogP contribution in [0, 0.1) is 21.4 Å². The number of ether oxygens (including phenoxy) is 3. The number of rotatable bonds is 7. The minimum absolute atomic E-state index is 0.0207. The van der Waals surface area contributed by atoms with Crippen LogP contribution in [0.1, 0.15) is 33.0 Å². The fourth-order valence-electron chi connectivity index (χ4n) is 4.29. The average Bonchev–Trinajstić information content (AvgIpc) is 2.96. The van der Waals surface area contributed by atoms with Crippen molar-refractivity contribution in [3.63, 3.8) is 0 Å². The Bertz CT molecular complexity index is 1690. The third kappa shape index (κ3) is 5.57. The predicted molar refractivity (Wildman–Crippen MR) is 146 cm³/mol. The van der Waals surface area contributed by atoms with Crippen LogP contribution in [0.3, 0.4) is 0 Å². The Morgan fingerprint density at radius 3 is 2.55 bits per heavy atom. The zero-order chi connectivity index (χ0) is 28.2. The monoisotopic (exact) mass is 553 g/mol. The molecule has 4 aromatic rings. The van der Waals surface area contributed by atoms with Crippen LogP contribution in [0.15, 0.2) is 102 Å². The average molecular weight is 554 g/mol. The Balaban J connectivity index is 1.41. The SMILES string of the molecule is N#CC1=C(N)Oc2cc(OC(=O)c3cccc([N+](=O)[O-])c3)ccc2C1c1cccc(OCc2ccc(Cl)cc2)c1. The molecule has 2 N–H and O–H groups in total. The number of halogens is 1. The number of nitriles is 1. The number of hydrogen-bond acceptors (Lipinski definition) is 8. The van der Waals surface area contributed by atoms with Crippen molar-refractivity contribution in [2.45, 2.75) is 12.5 Å². The van der Waals surface area contributed by atoms with Crippen LogP contribution < -0.4 is 19.9 Å². The van der Waals surface area contributed by atoms with Crippen molar-refractivity contribution in [1.82, 2.24) is 0 Å². The van der Waals surface area contributed by atoms with Crippen LogP contribution in [0.2, 0.25) is 5.02 Å². The van der Waals surface area contributed by atoms with Gasteiger partial charge in [0.15, 0.2) is 0 Å². The molecule has 1 heterocycles. The van der Waals surface area contributed by atoms with E-state index in [-0.39, 0.29) is 28.5 Å². The van der Waals surface area contributed by atoms with Crippen LogP contribution in [-0.4, -0.2) is 10.9 Å². The topological polar surface area (TPSA) is 138 Å². The molecule has 0 amide bonds. The number of fused-ring (bicyclic) bond motifs is 1. The van der Waals surface area contributed by atoms with Gasteiger partial charge in [0.05, 0.1) is 16.4 Å². The molecule has 0 saturated heterocycles. The molecule has 1 aliphatic rings. The number of allylic oxidation sites excluding steroid dienone is 1. The third-order valence-corrected chi connectivity index (χ3v) is 6.46. The minimum atomic E-state index is -0.775. The normalized spacial score (nSPS) is 13.9. The number of carbonyl (C=O) groups excluding carboxylic acids is 1. The summed E-state index contributed by atoms with van der Waals surface area (Å²) in [5.74, 6) is -0.369. The van der Waals surface area contributed by atoms with Crippen LogP contribution in [0.4, 0.5) is 5.69 Å². The summed E-state index contributed by atoms with van der Waals surface area (Å²) in [5, 5.41) is 21.6. The van der Waals surface area contributed by atoms with Gasteiger partial charge in [-0.2, -0.15) is 5.26 Å². The molecular weight excluding hydrogens is 534 g/mol. The summed E-state index contributed by atoms with van der Waals surface area (Å²) in [6, 6.07) is 26.8. The minimum Gasteiger partial charge on any atom is -0.489 e. The predicted octanol–water partition coefficient (Wildman–Crippen LogP) is 6.26. The molecule has 0 spiro atoms. The quantitative estimate of drug-likeness (QED) is 0.122. The summed E-state index contributed by atoms with van der Waals surface area (Å²) in [6.07, 6.45) is 0. The second-order valence-corrected chi connectivity index (χ2v) is 9.25. The molecule has 1 atom stereocenters. The standard InChI is InChI=1S/C30H20ClN3O6/c31-21-9-7-18(8-10-21)17-38-23-6-2-3-19(14-23)28-25-12-11-24(15-27(25)40-29(33)26(28)16-32)39-30(35)20-4-1-5-22(13-20)34(36)37/h1-15,28H,17,33H2. The zero-order valence-electron chi connectivity index (χ0n) is 20.7. The van der Waals surface area contributed by atoms with E-state index in [4.69, 9.17) is 31.5 Å². The molecule has 0 bridgehead atoms. The van der Waals surface area contributed by atoms with E-state index in [0.717, 1.165) is 17.2 Å². The smallest absolute Gasteiger partial charge is 0.343 e. The summed E-state index contributed by atoms with van der Waals surface area (Å²) in [6.45, 7) is 0.327. The molecule has 0 aromatic heterocycles. The number of benzene rings is 4.